The maximum atomic E-state index is 13.3. The van der Waals surface area contributed by atoms with Crippen LogP contribution in [-0.2, 0) is 23.8 Å². The van der Waals surface area contributed by atoms with Gasteiger partial charge in [-0.15, -0.1) is 0 Å². The molecular weight excluding hydrogens is 460 g/mol. The van der Waals surface area contributed by atoms with Crippen LogP contribution in [0.25, 0.3) is 0 Å². The fourth-order valence-electron chi connectivity index (χ4n) is 7.86. The van der Waals surface area contributed by atoms with Crippen LogP contribution >= 0.6 is 11.6 Å². The predicted octanol–water partition coefficient (Wildman–Crippen LogP) is 4.92. The molecule has 7 nitrogen and oxygen atoms in total. The van der Waals surface area contributed by atoms with Crippen molar-refractivity contribution in [3.63, 3.8) is 0 Å². The van der Waals surface area contributed by atoms with Crippen molar-refractivity contribution in [1.82, 2.24) is 0 Å². The average molecular weight is 497 g/mol. The zero-order chi connectivity index (χ0) is 24.7. The number of alkyl halides is 1. The highest BCUT2D eigenvalue weighted by molar-refractivity contribution is 6.17. The number of hydrogen-bond acceptors (Lipinski definition) is 7. The highest BCUT2D eigenvalue weighted by Crippen LogP contribution is 2.68. The first-order valence-corrected chi connectivity index (χ1v) is 13.2. The molecule has 34 heavy (non-hydrogen) atoms. The summed E-state index contributed by atoms with van der Waals surface area (Å²) in [7, 11) is 0. The molecule has 0 aliphatic heterocycles. The first kappa shape index (κ1) is 25.5. The Morgan fingerprint density at radius 3 is 2.65 bits per heavy atom. The number of aliphatic hydroxyl groups excluding tert-OH is 1. The third-order valence-corrected chi connectivity index (χ3v) is 9.62. The lowest BCUT2D eigenvalue weighted by Crippen LogP contribution is -2.63. The highest BCUT2D eigenvalue weighted by atomic mass is 35.5. The molecule has 4 aliphatic rings. The van der Waals surface area contributed by atoms with Crippen LogP contribution < -0.4 is 0 Å². The number of ketones is 1. The van der Waals surface area contributed by atoms with Crippen molar-refractivity contribution in [3.8, 4) is 0 Å². The van der Waals surface area contributed by atoms with Gasteiger partial charge in [0.1, 0.15) is 0 Å². The molecule has 3 saturated carbocycles. The van der Waals surface area contributed by atoms with Gasteiger partial charge in [-0.3, -0.25) is 4.79 Å². The second-order valence-corrected chi connectivity index (χ2v) is 11.3. The van der Waals surface area contributed by atoms with Gasteiger partial charge in [0.15, 0.2) is 11.8 Å². The maximum Gasteiger partial charge on any atom is 0.509 e. The number of esters is 1. The topological polar surface area (TPSA) is 99.1 Å². The standard InChI is InChI=1S/C26H37ClO7/c1-4-5-12-32-23(31)34-26(22(30)33-15-27)11-9-19-18-7-6-16-13-17(28)8-10-24(16,2)21(18)20(29)14-25(19,26)3/h13,18-21,29H,4-12,14-15H2,1-3H3/t18-,19-,20?,21-,24-,25-,26?/m0/s1. The molecule has 4 rings (SSSR count). The van der Waals surface area contributed by atoms with Gasteiger partial charge in [-0.05, 0) is 74.2 Å². The summed E-state index contributed by atoms with van der Waals surface area (Å²) in [5.41, 5.74) is -1.46. The zero-order valence-electron chi connectivity index (χ0n) is 20.4. The maximum absolute atomic E-state index is 13.3. The number of aliphatic hydroxyl groups is 1. The van der Waals surface area contributed by atoms with E-state index in [0.717, 1.165) is 31.3 Å². The summed E-state index contributed by atoms with van der Waals surface area (Å²) in [6.45, 7) is 6.33. The average Bonchev–Trinajstić information content (AvgIpc) is 3.07. The summed E-state index contributed by atoms with van der Waals surface area (Å²) in [6.07, 6.45) is 5.94. The molecule has 190 valence electrons. The third-order valence-electron chi connectivity index (χ3n) is 9.51. The molecule has 0 heterocycles. The Labute approximate surface area is 206 Å². The van der Waals surface area contributed by atoms with E-state index in [1.807, 2.05) is 13.8 Å². The van der Waals surface area contributed by atoms with Crippen LogP contribution in [0, 0.1) is 28.6 Å². The second kappa shape index (κ2) is 9.45. The van der Waals surface area contributed by atoms with E-state index in [4.69, 9.17) is 25.8 Å². The van der Waals surface area contributed by atoms with Gasteiger partial charge in [-0.25, -0.2) is 9.59 Å². The van der Waals surface area contributed by atoms with Crippen LogP contribution in [0.5, 0.6) is 0 Å². The smallest absolute Gasteiger partial charge is 0.446 e. The summed E-state index contributed by atoms with van der Waals surface area (Å²) in [5.74, 6) is -0.302. The van der Waals surface area contributed by atoms with Gasteiger partial charge in [0.05, 0.1) is 12.7 Å². The summed E-state index contributed by atoms with van der Waals surface area (Å²) in [5, 5.41) is 11.6. The van der Waals surface area contributed by atoms with Crippen molar-refractivity contribution >= 4 is 29.5 Å². The Balaban J connectivity index is 1.67. The van der Waals surface area contributed by atoms with Gasteiger partial charge < -0.3 is 19.3 Å². The minimum Gasteiger partial charge on any atom is -0.446 e. The molecule has 0 saturated heterocycles. The molecule has 0 aromatic rings. The normalized spacial score (nSPS) is 41.0. The third kappa shape index (κ3) is 3.87. The van der Waals surface area contributed by atoms with Gasteiger partial charge in [0.2, 0.25) is 5.60 Å². The molecule has 4 aliphatic carbocycles. The predicted molar refractivity (Wildman–Crippen MR) is 125 cm³/mol. The molecule has 8 heteroatoms. The zero-order valence-corrected chi connectivity index (χ0v) is 21.2. The Morgan fingerprint density at radius 1 is 1.18 bits per heavy atom. The molecule has 0 bridgehead atoms. The van der Waals surface area contributed by atoms with Crippen molar-refractivity contribution in [2.75, 3.05) is 12.7 Å². The monoisotopic (exact) mass is 496 g/mol. The SMILES string of the molecule is CCCCOC(=O)OC1(C(=O)OCCl)CC[C@H]2[C@@H]3CCC4=CC(=O)CC[C@]4(C)[C@@H]3C(O)C[C@@]21C. The van der Waals surface area contributed by atoms with Crippen LogP contribution in [0.4, 0.5) is 4.79 Å². The fraction of sp³-hybridized carbons (Fsp3) is 0.808. The van der Waals surface area contributed by atoms with E-state index in [2.05, 4.69) is 6.92 Å². The quantitative estimate of drug-likeness (QED) is 0.316. The number of rotatable bonds is 6. The van der Waals surface area contributed by atoms with E-state index in [-0.39, 0.29) is 41.6 Å². The molecule has 0 amide bonds. The first-order chi connectivity index (χ1) is 16.1. The van der Waals surface area contributed by atoms with E-state index in [0.29, 0.717) is 32.1 Å². The Bertz CT molecular complexity index is 871. The lowest BCUT2D eigenvalue weighted by atomic mass is 9.45. The Morgan fingerprint density at radius 2 is 1.94 bits per heavy atom. The van der Waals surface area contributed by atoms with Crippen molar-refractivity contribution in [2.45, 2.75) is 90.3 Å². The lowest BCUT2D eigenvalue weighted by molar-refractivity contribution is -0.202. The number of fused-ring (bicyclic) bond motifs is 5. The Kier molecular flexibility index (Phi) is 7.09. The van der Waals surface area contributed by atoms with E-state index in [1.54, 1.807) is 6.08 Å². The summed E-state index contributed by atoms with van der Waals surface area (Å²) in [4.78, 5) is 38.1. The molecule has 0 aromatic heterocycles. The molecule has 0 aromatic carbocycles. The van der Waals surface area contributed by atoms with Crippen LogP contribution in [0.15, 0.2) is 11.6 Å². The second-order valence-electron chi connectivity index (χ2n) is 11.0. The van der Waals surface area contributed by atoms with Crippen molar-refractivity contribution in [2.24, 2.45) is 28.6 Å². The molecule has 0 spiro atoms. The van der Waals surface area contributed by atoms with Crippen molar-refractivity contribution in [1.29, 1.82) is 0 Å². The molecule has 2 unspecified atom stereocenters. The number of allylic oxidation sites excluding steroid dienone is 1. The number of ether oxygens (including phenoxy) is 3. The lowest BCUT2D eigenvalue weighted by Gasteiger charge is -2.60. The van der Waals surface area contributed by atoms with Gasteiger partial charge >= 0.3 is 12.1 Å². The van der Waals surface area contributed by atoms with Crippen molar-refractivity contribution < 1.29 is 33.7 Å². The number of hydrogen-bond donors (Lipinski definition) is 1. The molecule has 3 fully saturated rings. The first-order valence-electron chi connectivity index (χ1n) is 12.6. The molecule has 1 N–H and O–H groups in total. The van der Waals surface area contributed by atoms with Crippen LogP contribution in [-0.4, -0.2) is 47.4 Å². The minimum absolute atomic E-state index is 0.00460. The van der Waals surface area contributed by atoms with Gasteiger partial charge in [-0.1, -0.05) is 44.4 Å². The van der Waals surface area contributed by atoms with Crippen LogP contribution in [0.2, 0.25) is 0 Å². The van der Waals surface area contributed by atoms with E-state index in [1.165, 1.54) is 0 Å². The van der Waals surface area contributed by atoms with E-state index in [9.17, 15) is 19.5 Å². The van der Waals surface area contributed by atoms with Gasteiger partial charge in [0.25, 0.3) is 0 Å². The molecule has 7 atom stereocenters. The number of unbranched alkanes of at least 4 members (excludes halogenated alkanes) is 1. The van der Waals surface area contributed by atoms with Crippen molar-refractivity contribution in [3.05, 3.63) is 11.6 Å². The Hall–Kier alpha value is -1.60. The number of carbonyl (C=O) groups excluding carboxylic acids is 3. The summed E-state index contributed by atoms with van der Waals surface area (Å²) < 4.78 is 16.3. The fourth-order valence-corrected chi connectivity index (χ4v) is 7.96. The summed E-state index contributed by atoms with van der Waals surface area (Å²) >= 11 is 5.74. The molecule has 0 radical (unpaired) electrons. The number of halogens is 1. The van der Waals surface area contributed by atoms with E-state index < -0.39 is 29.2 Å². The van der Waals surface area contributed by atoms with Crippen LogP contribution in [0.3, 0.4) is 0 Å². The van der Waals surface area contributed by atoms with Crippen LogP contribution in [0.1, 0.15) is 78.6 Å². The van der Waals surface area contributed by atoms with Gasteiger partial charge in [0, 0.05) is 11.8 Å². The largest absolute Gasteiger partial charge is 0.509 e. The summed E-state index contributed by atoms with van der Waals surface area (Å²) in [6, 6.07) is -0.343. The minimum atomic E-state index is -1.55. The van der Waals surface area contributed by atoms with E-state index >= 15 is 0 Å². The van der Waals surface area contributed by atoms with Gasteiger partial charge in [-0.2, -0.15) is 0 Å². The number of carbonyl (C=O) groups is 3. The highest BCUT2D eigenvalue weighted by Gasteiger charge is 2.71. The molecular formula is C26H37ClO7.